The van der Waals surface area contributed by atoms with Crippen molar-refractivity contribution in [2.75, 3.05) is 25.0 Å². The number of ether oxygens (including phenoxy) is 1. The molecule has 150 valence electrons. The lowest BCUT2D eigenvalue weighted by Crippen LogP contribution is -2.30. The number of carbonyl (C=O) groups excluding carboxylic acids is 2. The van der Waals surface area contributed by atoms with Crippen LogP contribution in [0.25, 0.3) is 0 Å². The molecule has 2 rings (SSSR count). The van der Waals surface area contributed by atoms with Crippen LogP contribution in [0.4, 0.5) is 5.69 Å². The zero-order valence-corrected chi connectivity index (χ0v) is 17.4. The molecule has 0 aliphatic heterocycles. The predicted octanol–water partition coefficient (Wildman–Crippen LogP) is 4.93. The minimum atomic E-state index is -0.108. The van der Waals surface area contributed by atoms with Crippen molar-refractivity contribution in [1.29, 1.82) is 0 Å². The number of anilines is 1. The average molecular weight is 403 g/mol. The van der Waals surface area contributed by atoms with Crippen LogP contribution in [0.5, 0.6) is 5.75 Å². The van der Waals surface area contributed by atoms with Crippen LogP contribution in [-0.2, 0) is 4.79 Å². The van der Waals surface area contributed by atoms with Gasteiger partial charge in [0.25, 0.3) is 5.91 Å². The molecule has 2 amide bonds. The third-order valence-electron chi connectivity index (χ3n) is 4.39. The summed E-state index contributed by atoms with van der Waals surface area (Å²) in [7, 11) is 0. The molecule has 2 aromatic rings. The van der Waals surface area contributed by atoms with Gasteiger partial charge >= 0.3 is 0 Å². The van der Waals surface area contributed by atoms with Gasteiger partial charge in [0.2, 0.25) is 5.91 Å². The Balaban J connectivity index is 1.82. The first-order valence-electron chi connectivity index (χ1n) is 9.52. The second kappa shape index (κ2) is 10.7. The largest absolute Gasteiger partial charge is 0.494 e. The molecule has 0 saturated carbocycles. The molecule has 0 aromatic heterocycles. The second-order valence-electron chi connectivity index (χ2n) is 6.47. The van der Waals surface area contributed by atoms with Crippen molar-refractivity contribution in [3.05, 3.63) is 58.6 Å². The van der Waals surface area contributed by atoms with E-state index in [1.807, 2.05) is 32.9 Å². The number of carbonyl (C=O) groups is 2. The van der Waals surface area contributed by atoms with Gasteiger partial charge in [-0.05, 0) is 69.2 Å². The summed E-state index contributed by atoms with van der Waals surface area (Å²) < 4.78 is 5.66. The molecule has 0 aliphatic rings. The van der Waals surface area contributed by atoms with Gasteiger partial charge in [0.1, 0.15) is 5.75 Å². The van der Waals surface area contributed by atoms with E-state index in [1.54, 1.807) is 35.2 Å². The molecule has 0 fully saturated rings. The second-order valence-corrected chi connectivity index (χ2v) is 6.88. The summed E-state index contributed by atoms with van der Waals surface area (Å²) >= 11 is 5.99. The Morgan fingerprint density at radius 1 is 1.11 bits per heavy atom. The summed E-state index contributed by atoms with van der Waals surface area (Å²) in [6.45, 7) is 7.55. The summed E-state index contributed by atoms with van der Waals surface area (Å²) in [5, 5.41) is 3.55. The van der Waals surface area contributed by atoms with Crippen molar-refractivity contribution >= 4 is 29.1 Å². The SMILES string of the molecule is CCN(CC)C(=O)c1cccc(NC(=O)CCCOc2ccc(Cl)c(C)c2)c1. The maximum atomic E-state index is 12.4. The first-order chi connectivity index (χ1) is 13.4. The number of benzene rings is 2. The Morgan fingerprint density at radius 3 is 2.54 bits per heavy atom. The highest BCUT2D eigenvalue weighted by atomic mass is 35.5. The molecule has 0 aliphatic carbocycles. The van der Waals surface area contributed by atoms with Crippen LogP contribution in [0.15, 0.2) is 42.5 Å². The molecule has 0 bridgehead atoms. The predicted molar refractivity (Wildman–Crippen MR) is 113 cm³/mol. The standard InChI is InChI=1S/C22H27ClN2O3/c1-4-25(5-2)22(27)17-8-6-9-18(15-17)24-21(26)10-7-13-28-19-11-12-20(23)16(3)14-19/h6,8-9,11-12,14-15H,4-5,7,10,13H2,1-3H3,(H,24,26). The van der Waals surface area contributed by atoms with Gasteiger partial charge < -0.3 is 15.0 Å². The van der Waals surface area contributed by atoms with E-state index in [-0.39, 0.29) is 11.8 Å². The van der Waals surface area contributed by atoms with Crippen molar-refractivity contribution in [1.82, 2.24) is 4.90 Å². The molecule has 0 spiro atoms. The van der Waals surface area contributed by atoms with Crippen molar-refractivity contribution in [2.24, 2.45) is 0 Å². The van der Waals surface area contributed by atoms with Gasteiger partial charge in [-0.15, -0.1) is 0 Å². The third-order valence-corrected chi connectivity index (χ3v) is 4.81. The number of nitrogens with zero attached hydrogens (tertiary/aromatic N) is 1. The molecule has 6 heteroatoms. The van der Waals surface area contributed by atoms with Gasteiger partial charge in [-0.3, -0.25) is 9.59 Å². The van der Waals surface area contributed by atoms with Crippen molar-refractivity contribution in [3.63, 3.8) is 0 Å². The molecule has 0 heterocycles. The fourth-order valence-electron chi connectivity index (χ4n) is 2.78. The van der Waals surface area contributed by atoms with Gasteiger partial charge in [0.05, 0.1) is 6.61 Å². The van der Waals surface area contributed by atoms with E-state index in [9.17, 15) is 9.59 Å². The quantitative estimate of drug-likeness (QED) is 0.605. The van der Waals surface area contributed by atoms with E-state index in [0.29, 0.717) is 48.8 Å². The summed E-state index contributed by atoms with van der Waals surface area (Å²) in [4.78, 5) is 26.3. The Morgan fingerprint density at radius 2 is 1.86 bits per heavy atom. The zero-order valence-electron chi connectivity index (χ0n) is 16.6. The van der Waals surface area contributed by atoms with Crippen LogP contribution in [0, 0.1) is 6.92 Å². The Hall–Kier alpha value is -2.53. The van der Waals surface area contributed by atoms with Crippen LogP contribution in [0.3, 0.4) is 0 Å². The maximum Gasteiger partial charge on any atom is 0.253 e. The highest BCUT2D eigenvalue weighted by Crippen LogP contribution is 2.21. The number of rotatable bonds is 9. The highest BCUT2D eigenvalue weighted by molar-refractivity contribution is 6.31. The van der Waals surface area contributed by atoms with Crippen molar-refractivity contribution in [3.8, 4) is 5.75 Å². The fraction of sp³-hybridized carbons (Fsp3) is 0.364. The average Bonchev–Trinajstić information content (AvgIpc) is 2.69. The number of amides is 2. The van der Waals surface area contributed by atoms with E-state index in [2.05, 4.69) is 5.32 Å². The number of hydrogen-bond donors (Lipinski definition) is 1. The van der Waals surface area contributed by atoms with Crippen LogP contribution in [0.1, 0.15) is 42.6 Å². The van der Waals surface area contributed by atoms with Crippen LogP contribution in [0.2, 0.25) is 5.02 Å². The summed E-state index contributed by atoms with van der Waals surface area (Å²) in [5.74, 6) is 0.598. The van der Waals surface area contributed by atoms with Crippen molar-refractivity contribution in [2.45, 2.75) is 33.6 Å². The Kier molecular flexibility index (Phi) is 8.33. The number of halogens is 1. The normalized spacial score (nSPS) is 10.4. The van der Waals surface area contributed by atoms with Gasteiger partial charge in [0, 0.05) is 35.8 Å². The third kappa shape index (κ3) is 6.27. The molecule has 28 heavy (non-hydrogen) atoms. The minimum absolute atomic E-state index is 0.0345. The van der Waals surface area contributed by atoms with E-state index in [0.717, 1.165) is 11.3 Å². The lowest BCUT2D eigenvalue weighted by atomic mass is 10.1. The first kappa shape index (κ1) is 21.8. The van der Waals surface area contributed by atoms with Crippen LogP contribution < -0.4 is 10.1 Å². The molecular weight excluding hydrogens is 376 g/mol. The Labute approximate surface area is 171 Å². The lowest BCUT2D eigenvalue weighted by molar-refractivity contribution is -0.116. The summed E-state index contributed by atoms with van der Waals surface area (Å²) in [5.41, 5.74) is 2.15. The van der Waals surface area contributed by atoms with E-state index < -0.39 is 0 Å². The first-order valence-corrected chi connectivity index (χ1v) is 9.90. The summed E-state index contributed by atoms with van der Waals surface area (Å²) in [6, 6.07) is 12.5. The topological polar surface area (TPSA) is 58.6 Å². The minimum Gasteiger partial charge on any atom is -0.494 e. The molecular formula is C22H27ClN2O3. The molecule has 2 aromatic carbocycles. The fourth-order valence-corrected chi connectivity index (χ4v) is 2.89. The van der Waals surface area contributed by atoms with E-state index >= 15 is 0 Å². The summed E-state index contributed by atoms with van der Waals surface area (Å²) in [6.07, 6.45) is 0.923. The molecule has 0 saturated heterocycles. The van der Waals surface area contributed by atoms with Gasteiger partial charge in [-0.25, -0.2) is 0 Å². The molecule has 1 N–H and O–H groups in total. The van der Waals surface area contributed by atoms with E-state index in [1.165, 1.54) is 0 Å². The molecule has 0 radical (unpaired) electrons. The number of hydrogen-bond acceptors (Lipinski definition) is 3. The Bertz CT molecular complexity index is 819. The van der Waals surface area contributed by atoms with Gasteiger partial charge in [0.15, 0.2) is 0 Å². The maximum absolute atomic E-state index is 12.4. The smallest absolute Gasteiger partial charge is 0.253 e. The number of aryl methyl sites for hydroxylation is 1. The van der Waals surface area contributed by atoms with E-state index in [4.69, 9.17) is 16.3 Å². The van der Waals surface area contributed by atoms with Crippen molar-refractivity contribution < 1.29 is 14.3 Å². The molecule has 5 nitrogen and oxygen atoms in total. The van der Waals surface area contributed by atoms with Crippen LogP contribution >= 0.6 is 11.6 Å². The number of nitrogens with one attached hydrogen (secondary N) is 1. The van der Waals surface area contributed by atoms with Gasteiger partial charge in [-0.1, -0.05) is 17.7 Å². The lowest BCUT2D eigenvalue weighted by Gasteiger charge is -2.19. The van der Waals surface area contributed by atoms with Crippen LogP contribution in [-0.4, -0.2) is 36.4 Å². The monoisotopic (exact) mass is 402 g/mol. The zero-order chi connectivity index (χ0) is 20.5. The van der Waals surface area contributed by atoms with Gasteiger partial charge in [-0.2, -0.15) is 0 Å². The molecule has 0 unspecified atom stereocenters. The molecule has 0 atom stereocenters. The highest BCUT2D eigenvalue weighted by Gasteiger charge is 2.13.